The Morgan fingerprint density at radius 2 is 1.93 bits per heavy atom. The van der Waals surface area contributed by atoms with Crippen molar-refractivity contribution in [3.63, 3.8) is 0 Å². The number of rotatable bonds is 6. The van der Waals surface area contributed by atoms with Crippen LogP contribution in [0.4, 0.5) is 0 Å². The van der Waals surface area contributed by atoms with Gasteiger partial charge in [0.2, 0.25) is 0 Å². The molecule has 27 heavy (non-hydrogen) atoms. The fraction of sp³-hybridized carbons (Fsp3) is 0.143. The summed E-state index contributed by atoms with van der Waals surface area (Å²) in [4.78, 5) is 15.9. The zero-order valence-corrected chi connectivity index (χ0v) is 15.8. The third-order valence-electron chi connectivity index (χ3n) is 3.95. The monoisotopic (exact) mass is 382 g/mol. The number of halogens is 1. The maximum Gasteiger partial charge on any atom is 0.257 e. The van der Waals surface area contributed by atoms with Crippen LogP contribution >= 0.6 is 11.6 Å². The lowest BCUT2D eigenvalue weighted by Crippen LogP contribution is -2.24. The van der Waals surface area contributed by atoms with Gasteiger partial charge in [-0.2, -0.15) is 0 Å². The van der Waals surface area contributed by atoms with E-state index in [1.165, 1.54) is 0 Å². The number of nitrogens with zero attached hydrogens (tertiary/aromatic N) is 1. The number of carbonyl (C=O) groups excluding carboxylic acids is 1. The summed E-state index contributed by atoms with van der Waals surface area (Å²) < 4.78 is 10.8. The van der Waals surface area contributed by atoms with Crippen LogP contribution in [0.15, 0.2) is 48.5 Å². The number of likely N-dealkylation sites (N-methyl/N-ethyl adjacent to an activating group) is 1. The summed E-state index contributed by atoms with van der Waals surface area (Å²) in [5, 5.41) is 4.21. The molecule has 1 N–H and O–H groups in total. The molecule has 0 spiro atoms. The number of carbonyl (C=O) groups is 1. The van der Waals surface area contributed by atoms with Gasteiger partial charge in [-0.3, -0.25) is 4.79 Å². The van der Waals surface area contributed by atoms with Crippen LogP contribution < -0.4 is 14.8 Å². The van der Waals surface area contributed by atoms with Crippen molar-refractivity contribution in [1.29, 1.82) is 0 Å². The Balaban J connectivity index is 1.79. The molecule has 1 amide bonds. The Hall–Kier alpha value is -3.05. The summed E-state index contributed by atoms with van der Waals surface area (Å²) in [6.45, 7) is -0.0639. The second-order valence-corrected chi connectivity index (χ2v) is 6.22. The Kier molecular flexibility index (Phi) is 5.94. The van der Waals surface area contributed by atoms with E-state index in [4.69, 9.17) is 21.1 Å². The highest BCUT2D eigenvalue weighted by Gasteiger charge is 2.07. The first-order valence-corrected chi connectivity index (χ1v) is 8.72. The van der Waals surface area contributed by atoms with E-state index < -0.39 is 0 Å². The molecule has 138 valence electrons. The van der Waals surface area contributed by atoms with Crippen LogP contribution in [0.3, 0.4) is 0 Å². The van der Waals surface area contributed by atoms with Crippen LogP contribution in [0.25, 0.3) is 23.1 Å². The minimum absolute atomic E-state index is 0.0639. The van der Waals surface area contributed by atoms with Gasteiger partial charge < -0.3 is 14.8 Å². The Morgan fingerprint density at radius 3 is 2.70 bits per heavy atom. The largest absolute Gasteiger partial charge is 0.493 e. The number of benzene rings is 2. The maximum absolute atomic E-state index is 11.3. The average molecular weight is 383 g/mol. The fourth-order valence-corrected chi connectivity index (χ4v) is 2.67. The van der Waals surface area contributed by atoms with Crippen molar-refractivity contribution in [3.8, 4) is 11.5 Å². The van der Waals surface area contributed by atoms with Gasteiger partial charge in [0.1, 0.15) is 0 Å². The molecule has 0 bridgehead atoms. The SMILES string of the molecule is CNC(=O)COc1ccc(C=Cc2ccc3ccc(Cl)cc3n2)cc1OC. The van der Waals surface area contributed by atoms with Gasteiger partial charge in [-0.1, -0.05) is 35.9 Å². The summed E-state index contributed by atoms with van der Waals surface area (Å²) in [6.07, 6.45) is 3.85. The predicted molar refractivity (Wildman–Crippen MR) is 108 cm³/mol. The number of fused-ring (bicyclic) bond motifs is 1. The molecule has 1 heterocycles. The van der Waals surface area contributed by atoms with E-state index in [1.807, 2.05) is 54.6 Å². The number of hydrogen-bond acceptors (Lipinski definition) is 4. The van der Waals surface area contributed by atoms with Crippen LogP contribution in [0.2, 0.25) is 5.02 Å². The van der Waals surface area contributed by atoms with Crippen molar-refractivity contribution in [3.05, 3.63) is 64.8 Å². The second-order valence-electron chi connectivity index (χ2n) is 5.78. The highest BCUT2D eigenvalue weighted by Crippen LogP contribution is 2.29. The molecule has 0 fully saturated rings. The molecule has 0 radical (unpaired) electrons. The Morgan fingerprint density at radius 1 is 1.11 bits per heavy atom. The highest BCUT2D eigenvalue weighted by molar-refractivity contribution is 6.31. The van der Waals surface area contributed by atoms with E-state index in [2.05, 4.69) is 10.3 Å². The molecule has 3 rings (SSSR count). The van der Waals surface area contributed by atoms with Gasteiger partial charge in [-0.25, -0.2) is 4.98 Å². The van der Waals surface area contributed by atoms with Gasteiger partial charge in [0.25, 0.3) is 5.91 Å². The molecule has 0 unspecified atom stereocenters. The molecule has 0 aliphatic carbocycles. The minimum atomic E-state index is -0.205. The van der Waals surface area contributed by atoms with Crippen LogP contribution in [0.5, 0.6) is 11.5 Å². The molecule has 0 atom stereocenters. The van der Waals surface area contributed by atoms with Crippen LogP contribution in [0.1, 0.15) is 11.3 Å². The van der Waals surface area contributed by atoms with Gasteiger partial charge in [-0.15, -0.1) is 0 Å². The van der Waals surface area contributed by atoms with Gasteiger partial charge in [-0.05, 0) is 42.0 Å². The molecule has 5 nitrogen and oxygen atoms in total. The maximum atomic E-state index is 11.3. The predicted octanol–water partition coefficient (Wildman–Crippen LogP) is 4.19. The molecule has 0 aliphatic rings. The molecular formula is C21H19ClN2O3. The van der Waals surface area contributed by atoms with Crippen molar-refractivity contribution in [2.75, 3.05) is 20.8 Å². The van der Waals surface area contributed by atoms with Crippen molar-refractivity contribution in [1.82, 2.24) is 10.3 Å². The summed E-state index contributed by atoms with van der Waals surface area (Å²) in [5.74, 6) is 0.861. The second kappa shape index (κ2) is 8.56. The van der Waals surface area contributed by atoms with E-state index in [9.17, 15) is 4.79 Å². The van der Waals surface area contributed by atoms with Crippen molar-refractivity contribution < 1.29 is 14.3 Å². The molecule has 3 aromatic rings. The number of amides is 1. The van der Waals surface area contributed by atoms with Gasteiger partial charge >= 0.3 is 0 Å². The minimum Gasteiger partial charge on any atom is -0.493 e. The summed E-state index contributed by atoms with van der Waals surface area (Å²) in [6, 6.07) is 15.1. The lowest BCUT2D eigenvalue weighted by Gasteiger charge is -2.10. The topological polar surface area (TPSA) is 60.5 Å². The van der Waals surface area contributed by atoms with Crippen molar-refractivity contribution >= 4 is 40.6 Å². The molecule has 0 aliphatic heterocycles. The van der Waals surface area contributed by atoms with E-state index >= 15 is 0 Å². The van der Waals surface area contributed by atoms with Crippen LogP contribution in [0, 0.1) is 0 Å². The normalized spacial score (nSPS) is 10.9. The quantitative estimate of drug-likeness (QED) is 0.694. The van der Waals surface area contributed by atoms with E-state index in [1.54, 1.807) is 20.2 Å². The highest BCUT2D eigenvalue weighted by atomic mass is 35.5. The lowest BCUT2D eigenvalue weighted by molar-refractivity contribution is -0.122. The zero-order valence-electron chi connectivity index (χ0n) is 15.0. The smallest absolute Gasteiger partial charge is 0.257 e. The van der Waals surface area contributed by atoms with Gasteiger partial charge in [0, 0.05) is 17.5 Å². The fourth-order valence-electron chi connectivity index (χ4n) is 2.50. The zero-order chi connectivity index (χ0) is 19.2. The lowest BCUT2D eigenvalue weighted by atomic mass is 10.1. The molecule has 0 saturated carbocycles. The first kappa shape index (κ1) is 18.7. The number of ether oxygens (including phenoxy) is 2. The molecule has 1 aromatic heterocycles. The summed E-state index contributed by atoms with van der Waals surface area (Å²) in [7, 11) is 3.12. The Labute approximate surface area is 162 Å². The van der Waals surface area contributed by atoms with Crippen LogP contribution in [-0.4, -0.2) is 31.7 Å². The first-order chi connectivity index (χ1) is 13.1. The number of nitrogens with one attached hydrogen (secondary N) is 1. The van der Waals surface area contributed by atoms with Gasteiger partial charge in [0.05, 0.1) is 18.3 Å². The van der Waals surface area contributed by atoms with Crippen molar-refractivity contribution in [2.45, 2.75) is 0 Å². The molecule has 2 aromatic carbocycles. The van der Waals surface area contributed by atoms with Crippen molar-refractivity contribution in [2.24, 2.45) is 0 Å². The first-order valence-electron chi connectivity index (χ1n) is 8.35. The number of pyridine rings is 1. The molecule has 6 heteroatoms. The van der Waals surface area contributed by atoms with Gasteiger partial charge in [0.15, 0.2) is 18.1 Å². The third-order valence-corrected chi connectivity index (χ3v) is 4.18. The Bertz CT molecular complexity index is 1000. The summed E-state index contributed by atoms with van der Waals surface area (Å²) >= 11 is 6.04. The standard InChI is InChI=1S/C21H19ClN2O3/c1-23-21(25)13-27-19-10-4-14(11-20(19)26-2)3-8-17-9-6-15-5-7-16(22)12-18(15)24-17/h3-12H,13H2,1-2H3,(H,23,25). The third kappa shape index (κ3) is 4.77. The van der Waals surface area contributed by atoms with E-state index in [-0.39, 0.29) is 12.5 Å². The number of methoxy groups -OCH3 is 1. The molecular weight excluding hydrogens is 364 g/mol. The molecule has 0 saturated heterocycles. The number of hydrogen-bond donors (Lipinski definition) is 1. The van der Waals surface area contributed by atoms with E-state index in [0.717, 1.165) is 22.2 Å². The number of aromatic nitrogens is 1. The average Bonchev–Trinajstić information content (AvgIpc) is 2.70. The summed E-state index contributed by atoms with van der Waals surface area (Å²) in [5.41, 5.74) is 2.59. The van der Waals surface area contributed by atoms with Crippen LogP contribution in [-0.2, 0) is 4.79 Å². The van der Waals surface area contributed by atoms with E-state index in [0.29, 0.717) is 16.5 Å².